The third-order valence-corrected chi connectivity index (χ3v) is 17.6. The summed E-state index contributed by atoms with van der Waals surface area (Å²) >= 11 is 14.4. The molecule has 0 aromatic heterocycles. The van der Waals surface area contributed by atoms with Gasteiger partial charge in [-0.1, -0.05) is 65.5 Å². The second-order valence-corrected chi connectivity index (χ2v) is 22.5. The van der Waals surface area contributed by atoms with Crippen LogP contribution in [0.5, 0.6) is 0 Å². The van der Waals surface area contributed by atoms with Gasteiger partial charge in [0.2, 0.25) is 9.84 Å². The number of likely N-dealkylation sites (tertiary alicyclic amines) is 1. The first-order valence-corrected chi connectivity index (χ1v) is 26.8. The number of carbonyl (C=O) groups is 1. The van der Waals surface area contributed by atoms with Crippen LogP contribution >= 0.6 is 35.0 Å². The molecule has 1 aliphatic carbocycles. The average Bonchev–Trinajstić information content (AvgIpc) is 3.86. The highest BCUT2D eigenvalue weighted by Crippen LogP contribution is 2.39. The molecule has 3 atom stereocenters. The number of hydrogen-bond acceptors (Lipinski definition) is 11. The van der Waals surface area contributed by atoms with E-state index in [1.165, 1.54) is 54.2 Å². The Kier molecular flexibility index (Phi) is 15.5. The number of carbonyl (C=O) groups excluding carboxylic acids is 1. The van der Waals surface area contributed by atoms with E-state index < -0.39 is 46.3 Å². The zero-order valence-electron chi connectivity index (χ0n) is 35.8. The van der Waals surface area contributed by atoms with Gasteiger partial charge < -0.3 is 15.0 Å². The summed E-state index contributed by atoms with van der Waals surface area (Å²) in [6.45, 7) is 6.21. The van der Waals surface area contributed by atoms with E-state index in [0.717, 1.165) is 80.2 Å². The highest BCUT2D eigenvalue weighted by atomic mass is 35.5. The molecular formula is C47H53Cl2F2N5O6S3. The number of anilines is 2. The highest BCUT2D eigenvalue weighted by molar-refractivity contribution is 7.99. The Morgan fingerprint density at radius 3 is 2.26 bits per heavy atom. The predicted molar refractivity (Wildman–Crippen MR) is 255 cm³/mol. The van der Waals surface area contributed by atoms with Gasteiger partial charge in [-0.3, -0.25) is 14.6 Å². The van der Waals surface area contributed by atoms with Crippen molar-refractivity contribution < 1.29 is 35.1 Å². The SMILES string of the molecule is O=C(NS(=O)(=O)c1ccc(N[C@H](CCN2CC3CC2CO3)CSc2ccccc2)c(Cl)c1S(=O)(=O)C(F)F)c1ccc(N2CCN(CC3=C(c4ccc(Cl)cc4)CCCCC3)CC2)cc1. The topological polar surface area (TPSA) is 128 Å². The number of sulfonamides is 1. The lowest BCUT2D eigenvalue weighted by Crippen LogP contribution is -2.47. The van der Waals surface area contributed by atoms with Crippen LogP contribution < -0.4 is 14.9 Å². The van der Waals surface area contributed by atoms with Crippen LogP contribution in [-0.4, -0.2) is 115 Å². The molecule has 4 aliphatic rings. The first-order valence-electron chi connectivity index (χ1n) is 22.0. The lowest BCUT2D eigenvalue weighted by molar-refractivity contribution is 0.0299. The van der Waals surface area contributed by atoms with Gasteiger partial charge in [0.05, 0.1) is 23.4 Å². The first kappa shape index (κ1) is 47.7. The quantitative estimate of drug-likeness (QED) is 0.0984. The number of sulfone groups is 1. The number of alkyl halides is 2. The number of rotatable bonds is 17. The molecule has 2 unspecified atom stereocenters. The Bertz CT molecular complexity index is 2570. The van der Waals surface area contributed by atoms with Crippen LogP contribution in [0.25, 0.3) is 5.57 Å². The number of nitrogens with one attached hydrogen (secondary N) is 2. The zero-order valence-corrected chi connectivity index (χ0v) is 39.8. The molecule has 0 spiro atoms. The zero-order chi connectivity index (χ0) is 45.7. The molecule has 1 amide bonds. The van der Waals surface area contributed by atoms with E-state index in [1.807, 2.05) is 47.2 Å². The lowest BCUT2D eigenvalue weighted by atomic mass is 9.95. The van der Waals surface area contributed by atoms with Crippen molar-refractivity contribution in [3.63, 3.8) is 0 Å². The van der Waals surface area contributed by atoms with E-state index in [4.69, 9.17) is 27.9 Å². The van der Waals surface area contributed by atoms with Crippen molar-refractivity contribution >= 4 is 77.7 Å². The molecule has 3 aliphatic heterocycles. The maximum Gasteiger partial charge on any atom is 0.341 e. The van der Waals surface area contributed by atoms with Crippen LogP contribution in [0.3, 0.4) is 0 Å². The summed E-state index contributed by atoms with van der Waals surface area (Å²) in [4.78, 5) is 19.1. The third kappa shape index (κ3) is 11.5. The van der Waals surface area contributed by atoms with Crippen LogP contribution in [0.15, 0.2) is 111 Å². The molecule has 0 saturated carbocycles. The monoisotopic (exact) mass is 987 g/mol. The smallest absolute Gasteiger partial charge is 0.341 e. The average molecular weight is 989 g/mol. The summed E-state index contributed by atoms with van der Waals surface area (Å²) in [6, 6.07) is 26.3. The van der Waals surface area contributed by atoms with Gasteiger partial charge in [0, 0.05) is 84.8 Å². The van der Waals surface area contributed by atoms with E-state index in [2.05, 4.69) is 32.1 Å². The van der Waals surface area contributed by atoms with Crippen LogP contribution in [0.2, 0.25) is 10.0 Å². The van der Waals surface area contributed by atoms with Gasteiger partial charge in [-0.2, -0.15) is 8.78 Å². The summed E-state index contributed by atoms with van der Waals surface area (Å²) < 4.78 is 90.3. The Morgan fingerprint density at radius 1 is 0.862 bits per heavy atom. The van der Waals surface area contributed by atoms with Crippen molar-refractivity contribution in [2.24, 2.45) is 0 Å². The van der Waals surface area contributed by atoms with Crippen molar-refractivity contribution in [3.05, 3.63) is 118 Å². The van der Waals surface area contributed by atoms with Gasteiger partial charge in [-0.05, 0) is 110 Å². The predicted octanol–water partition coefficient (Wildman–Crippen LogP) is 9.08. The molecule has 2 bridgehead atoms. The number of halogens is 4. The van der Waals surface area contributed by atoms with Crippen molar-refractivity contribution in [1.29, 1.82) is 0 Å². The van der Waals surface area contributed by atoms with Gasteiger partial charge in [0.15, 0.2) is 0 Å². The molecule has 4 aromatic rings. The molecule has 348 valence electrons. The van der Waals surface area contributed by atoms with E-state index in [-0.39, 0.29) is 23.4 Å². The van der Waals surface area contributed by atoms with E-state index >= 15 is 0 Å². The standard InChI is InChI=1S/C47H53Cl2F2N5O6S3/c48-35-15-11-32(12-16-35)41-10-6-1-3-7-34(41)28-54-23-25-55(26-24-54)37-17-13-33(14-18-37)46(57)53-65(60,61)43-20-19-42(44(49)45(43)64(58,59)47(50)51)52-36(31-63-40-8-4-2-5-9-40)21-22-56-29-39-27-38(56)30-62-39/h2,4-5,8-9,11-20,36,38-39,47,52H,1,3,6-7,10,21-31H2,(H,53,57)/t36-,38?,39?/m1/s1. The summed E-state index contributed by atoms with van der Waals surface area (Å²) in [5.74, 6) is -4.55. The Balaban J connectivity index is 0.938. The molecule has 4 aromatic carbocycles. The fraction of sp³-hybridized carbons (Fsp3) is 0.426. The fourth-order valence-corrected chi connectivity index (χ4v) is 13.6. The molecule has 3 saturated heterocycles. The molecule has 3 heterocycles. The first-order chi connectivity index (χ1) is 31.2. The van der Waals surface area contributed by atoms with Gasteiger partial charge in [-0.15, -0.1) is 11.8 Å². The summed E-state index contributed by atoms with van der Waals surface area (Å²) in [5, 5.41) is 3.25. The van der Waals surface area contributed by atoms with Gasteiger partial charge in [-0.25, -0.2) is 21.6 Å². The minimum atomic E-state index is -5.59. The van der Waals surface area contributed by atoms with Crippen molar-refractivity contribution in [1.82, 2.24) is 14.5 Å². The van der Waals surface area contributed by atoms with E-state index in [1.54, 1.807) is 23.9 Å². The Labute approximate surface area is 394 Å². The molecular weight excluding hydrogens is 936 g/mol. The third-order valence-electron chi connectivity index (χ3n) is 12.7. The second kappa shape index (κ2) is 21.1. The summed E-state index contributed by atoms with van der Waals surface area (Å²) in [6.07, 6.45) is 7.42. The number of thioether (sulfide) groups is 1. The van der Waals surface area contributed by atoms with Crippen molar-refractivity contribution in [3.8, 4) is 0 Å². The second-order valence-electron chi connectivity index (χ2n) is 17.0. The van der Waals surface area contributed by atoms with Crippen LogP contribution in [-0.2, 0) is 24.6 Å². The Hall–Kier alpha value is -3.74. The molecule has 2 N–H and O–H groups in total. The number of hydrogen-bond donors (Lipinski definition) is 2. The number of nitrogens with zero attached hydrogens (tertiary/aromatic N) is 3. The minimum Gasteiger partial charge on any atom is -0.380 e. The summed E-state index contributed by atoms with van der Waals surface area (Å²) in [5.41, 5.74) is 4.93. The maximum absolute atomic E-state index is 14.3. The number of benzene rings is 4. The maximum atomic E-state index is 14.3. The van der Waals surface area contributed by atoms with Crippen LogP contribution in [0.4, 0.5) is 20.2 Å². The number of ether oxygens (including phenoxy) is 1. The number of amides is 1. The number of allylic oxidation sites excluding steroid dienone is 1. The highest BCUT2D eigenvalue weighted by Gasteiger charge is 2.40. The van der Waals surface area contributed by atoms with Gasteiger partial charge >= 0.3 is 5.76 Å². The lowest BCUT2D eigenvalue weighted by Gasteiger charge is -2.37. The van der Waals surface area contributed by atoms with Crippen LogP contribution in [0.1, 0.15) is 60.9 Å². The normalized spacial score (nSPS) is 20.3. The Morgan fingerprint density at radius 2 is 1.58 bits per heavy atom. The molecule has 0 radical (unpaired) electrons. The molecule has 8 rings (SSSR count). The molecule has 11 nitrogen and oxygen atoms in total. The van der Waals surface area contributed by atoms with Gasteiger partial charge in [0.1, 0.15) is 9.79 Å². The van der Waals surface area contributed by atoms with E-state index in [0.29, 0.717) is 31.4 Å². The minimum absolute atomic E-state index is 0.0230. The molecule has 18 heteroatoms. The fourth-order valence-electron chi connectivity index (χ4n) is 9.23. The van der Waals surface area contributed by atoms with Gasteiger partial charge in [0.25, 0.3) is 15.9 Å². The molecule has 3 fully saturated rings. The largest absolute Gasteiger partial charge is 0.380 e. The van der Waals surface area contributed by atoms with Crippen molar-refractivity contribution in [2.45, 2.75) is 83.6 Å². The summed E-state index contributed by atoms with van der Waals surface area (Å²) in [7, 11) is -10.6. The number of piperazine rings is 1. The number of morpholine rings is 1. The van der Waals surface area contributed by atoms with Crippen LogP contribution in [0, 0.1) is 0 Å². The molecule has 65 heavy (non-hydrogen) atoms. The number of fused-ring (bicyclic) bond motifs is 2. The van der Waals surface area contributed by atoms with Crippen molar-refractivity contribution in [2.75, 3.05) is 68.4 Å². The van der Waals surface area contributed by atoms with E-state index in [9.17, 15) is 30.4 Å².